The van der Waals surface area contributed by atoms with Crippen molar-refractivity contribution >= 4 is 61.4 Å². The van der Waals surface area contributed by atoms with Gasteiger partial charge in [0.1, 0.15) is 5.82 Å². The van der Waals surface area contributed by atoms with Crippen LogP contribution in [0.2, 0.25) is 10.0 Å². The minimum atomic E-state index is -3.06. The molecule has 1 saturated heterocycles. The van der Waals surface area contributed by atoms with E-state index in [-0.39, 0.29) is 30.5 Å². The van der Waals surface area contributed by atoms with Crippen molar-refractivity contribution in [2.75, 3.05) is 29.9 Å². The van der Waals surface area contributed by atoms with E-state index in [2.05, 4.69) is 20.4 Å². The lowest BCUT2D eigenvalue weighted by Crippen LogP contribution is -2.43. The molecule has 1 aliphatic rings. The second-order valence-electron chi connectivity index (χ2n) is 8.10. The predicted octanol–water partition coefficient (Wildman–Crippen LogP) is 3.88. The number of amides is 1. The third-order valence-electron chi connectivity index (χ3n) is 5.72. The standard InChI is InChI=1S/C22H20Cl2N6O3S/c1-29-12-14(10-26-29)21-20(24)15-11-25-19(9-18(15)28-21)27-17-3-2-13(8-16(17)23)22(31)30-4-6-34(32,33)7-5-30/h2-3,8-12,28H,4-7H2,1H3,(H,25,27). The molecule has 2 N–H and O–H groups in total. The number of pyridine rings is 1. The lowest BCUT2D eigenvalue weighted by Gasteiger charge is -2.27. The normalized spacial score (nSPS) is 15.6. The summed E-state index contributed by atoms with van der Waals surface area (Å²) in [4.78, 5) is 22.0. The maximum Gasteiger partial charge on any atom is 0.253 e. The fourth-order valence-electron chi connectivity index (χ4n) is 3.86. The molecule has 0 spiro atoms. The Balaban J connectivity index is 1.36. The molecule has 3 aromatic heterocycles. The highest BCUT2D eigenvalue weighted by Gasteiger charge is 2.26. The first-order valence-corrected chi connectivity index (χ1v) is 13.0. The Kier molecular flexibility index (Phi) is 5.75. The van der Waals surface area contributed by atoms with Gasteiger partial charge in [-0.2, -0.15) is 5.10 Å². The summed E-state index contributed by atoms with van der Waals surface area (Å²) >= 11 is 13.0. The van der Waals surface area contributed by atoms with Crippen LogP contribution in [0.1, 0.15) is 10.4 Å². The van der Waals surface area contributed by atoms with E-state index in [0.29, 0.717) is 27.1 Å². The summed E-state index contributed by atoms with van der Waals surface area (Å²) in [6.07, 6.45) is 5.27. The van der Waals surface area contributed by atoms with Crippen molar-refractivity contribution in [3.05, 3.63) is 58.5 Å². The number of hydrogen-bond acceptors (Lipinski definition) is 6. The molecule has 4 heterocycles. The first-order valence-electron chi connectivity index (χ1n) is 10.4. The Labute approximate surface area is 205 Å². The van der Waals surface area contributed by atoms with Gasteiger partial charge in [0, 0.05) is 55.1 Å². The number of rotatable bonds is 4. The second-order valence-corrected chi connectivity index (χ2v) is 11.2. The van der Waals surface area contributed by atoms with E-state index in [1.165, 1.54) is 4.90 Å². The van der Waals surface area contributed by atoms with Crippen molar-refractivity contribution in [1.29, 1.82) is 0 Å². The van der Waals surface area contributed by atoms with E-state index in [1.54, 1.807) is 35.3 Å². The monoisotopic (exact) mass is 518 g/mol. The number of carbonyl (C=O) groups is 1. The number of H-pyrrole nitrogens is 1. The zero-order valence-electron chi connectivity index (χ0n) is 18.0. The number of halogens is 2. The second kappa shape index (κ2) is 8.61. The molecule has 0 unspecified atom stereocenters. The SMILES string of the molecule is Cn1cc(-c2[nH]c3cc(Nc4ccc(C(=O)N5CCS(=O)(=O)CC5)cc4Cl)ncc3c2Cl)cn1. The highest BCUT2D eigenvalue weighted by Crippen LogP contribution is 2.35. The fourth-order valence-corrected chi connectivity index (χ4v) is 5.60. The predicted molar refractivity (Wildman–Crippen MR) is 133 cm³/mol. The fraction of sp³-hybridized carbons (Fsp3) is 0.227. The van der Waals surface area contributed by atoms with Crippen molar-refractivity contribution in [2.24, 2.45) is 7.05 Å². The maximum atomic E-state index is 12.7. The average molecular weight is 519 g/mol. The van der Waals surface area contributed by atoms with Gasteiger partial charge in [0.15, 0.2) is 9.84 Å². The van der Waals surface area contributed by atoms with E-state index in [0.717, 1.165) is 22.2 Å². The number of fused-ring (bicyclic) bond motifs is 1. The minimum Gasteiger partial charge on any atom is -0.353 e. The van der Waals surface area contributed by atoms with Crippen molar-refractivity contribution in [2.45, 2.75) is 0 Å². The van der Waals surface area contributed by atoms with Crippen LogP contribution >= 0.6 is 23.2 Å². The van der Waals surface area contributed by atoms with E-state index < -0.39 is 9.84 Å². The van der Waals surface area contributed by atoms with Gasteiger partial charge in [-0.25, -0.2) is 13.4 Å². The average Bonchev–Trinajstić information content (AvgIpc) is 3.37. The van der Waals surface area contributed by atoms with Crippen molar-refractivity contribution in [3.8, 4) is 11.3 Å². The number of sulfone groups is 1. The van der Waals surface area contributed by atoms with Crippen molar-refractivity contribution in [1.82, 2.24) is 24.6 Å². The Morgan fingerprint density at radius 1 is 1.15 bits per heavy atom. The molecular formula is C22H20Cl2N6O3S. The summed E-state index contributed by atoms with van der Waals surface area (Å²) in [6.45, 7) is 0.366. The molecule has 1 fully saturated rings. The van der Waals surface area contributed by atoms with Gasteiger partial charge in [-0.3, -0.25) is 9.48 Å². The first kappa shape index (κ1) is 22.7. The van der Waals surface area contributed by atoms with E-state index in [4.69, 9.17) is 23.2 Å². The Hall–Kier alpha value is -3.08. The molecule has 1 amide bonds. The molecule has 12 heteroatoms. The molecule has 1 aliphatic heterocycles. The molecule has 1 aromatic carbocycles. The number of hydrogen-bond donors (Lipinski definition) is 2. The topological polar surface area (TPSA) is 113 Å². The quantitative estimate of drug-likeness (QED) is 0.423. The van der Waals surface area contributed by atoms with Crippen LogP contribution in [0.3, 0.4) is 0 Å². The number of aryl methyl sites for hydroxylation is 1. The van der Waals surface area contributed by atoms with Crippen LogP contribution < -0.4 is 5.32 Å². The van der Waals surface area contributed by atoms with Gasteiger partial charge in [-0.1, -0.05) is 23.2 Å². The third kappa shape index (κ3) is 4.36. The molecule has 34 heavy (non-hydrogen) atoms. The number of carbonyl (C=O) groups excluding carboxylic acids is 1. The highest BCUT2D eigenvalue weighted by molar-refractivity contribution is 7.91. The van der Waals surface area contributed by atoms with Gasteiger partial charge < -0.3 is 15.2 Å². The molecule has 0 radical (unpaired) electrons. The molecule has 0 bridgehead atoms. The first-order chi connectivity index (χ1) is 16.2. The Bertz CT molecular complexity index is 1510. The molecule has 9 nitrogen and oxygen atoms in total. The van der Waals surface area contributed by atoms with E-state index >= 15 is 0 Å². The lowest BCUT2D eigenvalue weighted by molar-refractivity contribution is 0.0770. The molecule has 0 aliphatic carbocycles. The summed E-state index contributed by atoms with van der Waals surface area (Å²) in [5.74, 6) is 0.258. The van der Waals surface area contributed by atoms with Gasteiger partial charge in [0.05, 0.1) is 44.6 Å². The lowest BCUT2D eigenvalue weighted by atomic mass is 10.1. The van der Waals surface area contributed by atoms with Crippen LogP contribution in [0.5, 0.6) is 0 Å². The number of benzene rings is 1. The van der Waals surface area contributed by atoms with Crippen LogP contribution in [0.25, 0.3) is 22.2 Å². The number of aromatic nitrogens is 4. The summed E-state index contributed by atoms with van der Waals surface area (Å²) < 4.78 is 24.9. The maximum absolute atomic E-state index is 12.7. The zero-order valence-corrected chi connectivity index (χ0v) is 20.4. The van der Waals surface area contributed by atoms with Crippen LogP contribution in [-0.2, 0) is 16.9 Å². The highest BCUT2D eigenvalue weighted by atomic mass is 35.5. The van der Waals surface area contributed by atoms with Gasteiger partial charge in [-0.05, 0) is 18.2 Å². The number of nitrogens with one attached hydrogen (secondary N) is 2. The summed E-state index contributed by atoms with van der Waals surface area (Å²) in [5, 5.41) is 9.04. The zero-order chi connectivity index (χ0) is 24.0. The Morgan fingerprint density at radius 2 is 1.91 bits per heavy atom. The smallest absolute Gasteiger partial charge is 0.253 e. The summed E-state index contributed by atoms with van der Waals surface area (Å²) in [5.41, 5.74) is 3.40. The largest absolute Gasteiger partial charge is 0.353 e. The van der Waals surface area contributed by atoms with E-state index in [1.807, 2.05) is 19.3 Å². The van der Waals surface area contributed by atoms with Crippen LogP contribution in [0, 0.1) is 0 Å². The number of aromatic amines is 1. The Morgan fingerprint density at radius 3 is 2.59 bits per heavy atom. The van der Waals surface area contributed by atoms with Crippen molar-refractivity contribution in [3.63, 3.8) is 0 Å². The van der Waals surface area contributed by atoms with Gasteiger partial charge in [0.2, 0.25) is 0 Å². The molecule has 0 atom stereocenters. The summed E-state index contributed by atoms with van der Waals surface area (Å²) in [7, 11) is -1.23. The summed E-state index contributed by atoms with van der Waals surface area (Å²) in [6, 6.07) is 6.75. The van der Waals surface area contributed by atoms with Crippen LogP contribution in [0.4, 0.5) is 11.5 Å². The van der Waals surface area contributed by atoms with Crippen molar-refractivity contribution < 1.29 is 13.2 Å². The minimum absolute atomic E-state index is 0.0223. The third-order valence-corrected chi connectivity index (χ3v) is 8.04. The van der Waals surface area contributed by atoms with E-state index in [9.17, 15) is 13.2 Å². The molecular weight excluding hydrogens is 499 g/mol. The van der Waals surface area contributed by atoms with Gasteiger partial charge in [-0.15, -0.1) is 0 Å². The molecule has 0 saturated carbocycles. The molecule has 5 rings (SSSR count). The van der Waals surface area contributed by atoms with Gasteiger partial charge >= 0.3 is 0 Å². The molecule has 176 valence electrons. The van der Waals surface area contributed by atoms with Gasteiger partial charge in [0.25, 0.3) is 5.91 Å². The number of anilines is 2. The van der Waals surface area contributed by atoms with Crippen LogP contribution in [0.15, 0.2) is 42.9 Å². The molecule has 4 aromatic rings. The number of nitrogens with zero attached hydrogens (tertiary/aromatic N) is 4. The van der Waals surface area contributed by atoms with Crippen LogP contribution in [-0.4, -0.2) is 63.6 Å².